The monoisotopic (exact) mass is 310 g/mol. The first-order valence-electron chi connectivity index (χ1n) is 9.11. The van der Waals surface area contributed by atoms with Crippen molar-refractivity contribution in [2.45, 2.75) is 100 Å². The second-order valence-electron chi connectivity index (χ2n) is 7.58. The summed E-state index contributed by atoms with van der Waals surface area (Å²) < 4.78 is 31.2. The van der Waals surface area contributed by atoms with E-state index in [0.717, 1.165) is 25.7 Å². The highest BCUT2D eigenvalue weighted by Gasteiger charge is 2.61. The molecule has 2 saturated carbocycles. The van der Waals surface area contributed by atoms with E-state index >= 15 is 0 Å². The molecular weight excluding hydrogens is 284 g/mol. The maximum atomic E-state index is 6.43. The minimum Gasteiger partial charge on any atom is -0.347 e. The van der Waals surface area contributed by atoms with E-state index in [-0.39, 0.29) is 30.4 Å². The van der Waals surface area contributed by atoms with Crippen LogP contribution in [0, 0.1) is 0 Å². The lowest BCUT2D eigenvalue weighted by atomic mass is 9.94. The third-order valence-electron chi connectivity index (χ3n) is 6.01. The molecular formula is C17H26O5. The van der Waals surface area contributed by atoms with Gasteiger partial charge in [0.15, 0.2) is 17.9 Å². The fraction of sp³-hybridized carbons (Fsp3) is 1.00. The first kappa shape index (κ1) is 14.2. The lowest BCUT2D eigenvalue weighted by Crippen LogP contribution is -2.50. The third kappa shape index (κ3) is 2.17. The Morgan fingerprint density at radius 2 is 1.18 bits per heavy atom. The largest absolute Gasteiger partial charge is 0.347 e. The van der Waals surface area contributed by atoms with Crippen LogP contribution in [0.2, 0.25) is 0 Å². The van der Waals surface area contributed by atoms with Gasteiger partial charge in [0.1, 0.15) is 18.3 Å². The average Bonchev–Trinajstić information content (AvgIpc) is 3.07. The van der Waals surface area contributed by atoms with Gasteiger partial charge < -0.3 is 23.7 Å². The molecule has 0 amide bonds. The van der Waals surface area contributed by atoms with Gasteiger partial charge in [-0.05, 0) is 25.7 Å². The van der Waals surface area contributed by atoms with Gasteiger partial charge in [-0.1, -0.05) is 12.8 Å². The van der Waals surface area contributed by atoms with Crippen molar-refractivity contribution in [3.63, 3.8) is 0 Å². The van der Waals surface area contributed by atoms with E-state index in [1.54, 1.807) is 0 Å². The second kappa shape index (κ2) is 5.15. The number of fused-ring (bicyclic) bond motifs is 3. The Balaban J connectivity index is 1.35. The van der Waals surface area contributed by atoms with E-state index in [9.17, 15) is 0 Å². The zero-order valence-corrected chi connectivity index (χ0v) is 13.1. The van der Waals surface area contributed by atoms with Gasteiger partial charge in [-0.25, -0.2) is 0 Å². The van der Waals surface area contributed by atoms with Crippen LogP contribution >= 0.6 is 0 Å². The molecule has 5 rings (SSSR count). The molecule has 0 aromatic rings. The highest BCUT2D eigenvalue weighted by Crippen LogP contribution is 2.49. The van der Waals surface area contributed by atoms with E-state index < -0.39 is 5.79 Å². The molecule has 0 N–H and O–H groups in total. The normalized spacial score (nSPS) is 45.8. The van der Waals surface area contributed by atoms with Gasteiger partial charge in [-0.3, -0.25) is 0 Å². The Hall–Kier alpha value is -0.200. The maximum absolute atomic E-state index is 6.43. The second-order valence-corrected chi connectivity index (χ2v) is 7.58. The van der Waals surface area contributed by atoms with Crippen molar-refractivity contribution in [2.24, 2.45) is 0 Å². The molecule has 3 aliphatic heterocycles. The smallest absolute Gasteiger partial charge is 0.189 e. The van der Waals surface area contributed by atoms with Crippen molar-refractivity contribution in [3.05, 3.63) is 0 Å². The predicted octanol–water partition coefficient (Wildman–Crippen LogP) is 2.86. The summed E-state index contributed by atoms with van der Waals surface area (Å²) in [7, 11) is 0. The lowest BCUT2D eigenvalue weighted by Gasteiger charge is -2.33. The summed E-state index contributed by atoms with van der Waals surface area (Å²) in [4.78, 5) is 0. The van der Waals surface area contributed by atoms with E-state index in [4.69, 9.17) is 23.7 Å². The van der Waals surface area contributed by atoms with Crippen molar-refractivity contribution in [3.8, 4) is 0 Å². The fourth-order valence-electron chi connectivity index (χ4n) is 4.90. The van der Waals surface area contributed by atoms with Crippen LogP contribution in [0.25, 0.3) is 0 Å². The molecule has 5 fully saturated rings. The van der Waals surface area contributed by atoms with E-state index in [0.29, 0.717) is 6.61 Å². The molecule has 3 heterocycles. The highest BCUT2D eigenvalue weighted by atomic mass is 16.9. The SMILES string of the molecule is C1CCC2(CC1)O[C@H]1OC[C@H]3OC4(CCCCC4)O[C@@H]3[C@@H]1O2. The van der Waals surface area contributed by atoms with Gasteiger partial charge in [-0.15, -0.1) is 0 Å². The minimum atomic E-state index is -0.422. The molecule has 0 aromatic carbocycles. The van der Waals surface area contributed by atoms with Crippen LogP contribution in [0.5, 0.6) is 0 Å². The van der Waals surface area contributed by atoms with Crippen molar-refractivity contribution >= 4 is 0 Å². The molecule has 22 heavy (non-hydrogen) atoms. The first-order valence-corrected chi connectivity index (χ1v) is 9.11. The summed E-state index contributed by atoms with van der Waals surface area (Å²) in [6.45, 7) is 0.563. The van der Waals surface area contributed by atoms with Crippen LogP contribution in [0.1, 0.15) is 64.2 Å². The first-order chi connectivity index (χ1) is 10.8. The van der Waals surface area contributed by atoms with Crippen molar-refractivity contribution < 1.29 is 23.7 Å². The van der Waals surface area contributed by atoms with Gasteiger partial charge in [0, 0.05) is 25.7 Å². The number of rotatable bonds is 0. The highest BCUT2D eigenvalue weighted by molar-refractivity contribution is 4.99. The number of ether oxygens (including phenoxy) is 5. The molecule has 5 aliphatic rings. The molecule has 124 valence electrons. The standard InChI is InChI=1S/C17H26O5/c1-3-7-16(8-4-1)19-12-11-18-15-14(13(12)20-16)21-17(22-15)9-5-2-6-10-17/h12-15H,1-11H2/t12-,13+,14+,15-/m1/s1. The summed E-state index contributed by atoms with van der Waals surface area (Å²) in [5, 5.41) is 0. The number of hydrogen-bond donors (Lipinski definition) is 0. The van der Waals surface area contributed by atoms with Gasteiger partial charge in [0.05, 0.1) is 6.61 Å². The summed E-state index contributed by atoms with van der Waals surface area (Å²) in [6.07, 6.45) is 10.8. The van der Waals surface area contributed by atoms with Gasteiger partial charge in [-0.2, -0.15) is 0 Å². The van der Waals surface area contributed by atoms with Crippen molar-refractivity contribution in [1.29, 1.82) is 0 Å². The molecule has 0 bridgehead atoms. The lowest BCUT2D eigenvalue weighted by molar-refractivity contribution is -0.234. The topological polar surface area (TPSA) is 46.2 Å². The van der Waals surface area contributed by atoms with Crippen LogP contribution in [-0.2, 0) is 23.7 Å². The fourth-order valence-corrected chi connectivity index (χ4v) is 4.90. The predicted molar refractivity (Wildman–Crippen MR) is 77.1 cm³/mol. The van der Waals surface area contributed by atoms with Gasteiger partial charge >= 0.3 is 0 Å². The molecule has 0 radical (unpaired) electrons. The van der Waals surface area contributed by atoms with Crippen molar-refractivity contribution in [2.75, 3.05) is 6.61 Å². The summed E-state index contributed by atoms with van der Waals surface area (Å²) in [5.74, 6) is -0.800. The minimum absolute atomic E-state index is 0.00157. The Labute approximate surface area is 131 Å². The molecule has 4 atom stereocenters. The average molecular weight is 310 g/mol. The Kier molecular flexibility index (Phi) is 3.32. The van der Waals surface area contributed by atoms with Gasteiger partial charge in [0.25, 0.3) is 0 Å². The summed E-state index contributed by atoms with van der Waals surface area (Å²) in [5.41, 5.74) is 0. The summed E-state index contributed by atoms with van der Waals surface area (Å²) in [6, 6.07) is 0. The van der Waals surface area contributed by atoms with Crippen LogP contribution < -0.4 is 0 Å². The Morgan fingerprint density at radius 3 is 1.86 bits per heavy atom. The van der Waals surface area contributed by atoms with E-state index in [1.807, 2.05) is 0 Å². The van der Waals surface area contributed by atoms with Crippen LogP contribution in [-0.4, -0.2) is 42.8 Å². The zero-order chi connectivity index (χ0) is 14.6. The maximum Gasteiger partial charge on any atom is 0.189 e. The molecule has 5 nitrogen and oxygen atoms in total. The van der Waals surface area contributed by atoms with Crippen molar-refractivity contribution in [1.82, 2.24) is 0 Å². The third-order valence-corrected chi connectivity index (χ3v) is 6.01. The molecule has 3 saturated heterocycles. The molecule has 0 unspecified atom stereocenters. The van der Waals surface area contributed by atoms with E-state index in [1.165, 1.54) is 38.5 Å². The molecule has 2 spiro atoms. The molecule has 0 aromatic heterocycles. The number of hydrogen-bond acceptors (Lipinski definition) is 5. The van der Waals surface area contributed by atoms with E-state index in [2.05, 4.69) is 0 Å². The van der Waals surface area contributed by atoms with Crippen LogP contribution in [0.3, 0.4) is 0 Å². The Bertz CT molecular complexity index is 387. The summed E-state index contributed by atoms with van der Waals surface area (Å²) >= 11 is 0. The van der Waals surface area contributed by atoms with Gasteiger partial charge in [0.2, 0.25) is 0 Å². The van der Waals surface area contributed by atoms with Crippen LogP contribution in [0.4, 0.5) is 0 Å². The van der Waals surface area contributed by atoms with Crippen LogP contribution in [0.15, 0.2) is 0 Å². The quantitative estimate of drug-likeness (QED) is 0.688. The molecule has 2 aliphatic carbocycles. The zero-order valence-electron chi connectivity index (χ0n) is 13.1. The Morgan fingerprint density at radius 1 is 0.591 bits per heavy atom. The molecule has 5 heteroatoms.